The molecule has 2 rings (SSSR count). The van der Waals surface area contributed by atoms with Crippen LogP contribution in [0.2, 0.25) is 0 Å². The minimum Gasteiger partial charge on any atom is -0.497 e. The Morgan fingerprint density at radius 2 is 1.53 bits per heavy atom. The van der Waals surface area contributed by atoms with E-state index in [2.05, 4.69) is 0 Å². The molecule has 0 aliphatic rings. The van der Waals surface area contributed by atoms with Crippen molar-refractivity contribution < 1.29 is 14.2 Å². The highest BCUT2D eigenvalue weighted by molar-refractivity contribution is 5.55. The van der Waals surface area contributed by atoms with Crippen molar-refractivity contribution in [3.8, 4) is 17.2 Å². The number of methoxy groups -OCH3 is 2. The van der Waals surface area contributed by atoms with E-state index < -0.39 is 0 Å². The summed E-state index contributed by atoms with van der Waals surface area (Å²) in [5, 5.41) is 0. The van der Waals surface area contributed by atoms with Gasteiger partial charge in [-0.15, -0.1) is 0 Å². The van der Waals surface area contributed by atoms with Gasteiger partial charge in [0.05, 0.1) is 19.9 Å². The zero-order valence-electron chi connectivity index (χ0n) is 11.1. The second kappa shape index (κ2) is 6.00. The highest BCUT2D eigenvalue weighted by atomic mass is 16.5. The van der Waals surface area contributed by atoms with Crippen molar-refractivity contribution in [1.29, 1.82) is 0 Å². The molecule has 2 aromatic rings. The monoisotopic (exact) mass is 259 g/mol. The number of nitrogens with two attached hydrogens (primary N) is 1. The number of hydrogen-bond donors (Lipinski definition) is 1. The van der Waals surface area contributed by atoms with Gasteiger partial charge in [-0.2, -0.15) is 0 Å². The van der Waals surface area contributed by atoms with E-state index in [1.165, 1.54) is 0 Å². The normalized spacial score (nSPS) is 10.0. The molecule has 0 unspecified atom stereocenters. The Morgan fingerprint density at radius 3 is 2.16 bits per heavy atom. The van der Waals surface area contributed by atoms with Gasteiger partial charge >= 0.3 is 0 Å². The molecule has 0 aromatic heterocycles. The smallest absolute Gasteiger partial charge is 0.146 e. The van der Waals surface area contributed by atoms with Gasteiger partial charge in [0, 0.05) is 6.07 Å². The first-order valence-electron chi connectivity index (χ1n) is 5.92. The molecule has 0 fully saturated rings. The van der Waals surface area contributed by atoms with Gasteiger partial charge in [0.25, 0.3) is 0 Å². The molecule has 0 radical (unpaired) electrons. The second-order valence-corrected chi connectivity index (χ2v) is 4.04. The average Bonchev–Trinajstić information content (AvgIpc) is 2.47. The fourth-order valence-electron chi connectivity index (χ4n) is 1.65. The summed E-state index contributed by atoms with van der Waals surface area (Å²) in [5.41, 5.74) is 7.49. The quantitative estimate of drug-likeness (QED) is 0.839. The van der Waals surface area contributed by atoms with Gasteiger partial charge in [-0.1, -0.05) is 12.1 Å². The van der Waals surface area contributed by atoms with Crippen molar-refractivity contribution in [3.05, 3.63) is 48.0 Å². The molecular formula is C15H17NO3. The fraction of sp³-hybridized carbons (Fsp3) is 0.200. The number of nitrogen functional groups attached to an aromatic ring is 1. The molecule has 19 heavy (non-hydrogen) atoms. The van der Waals surface area contributed by atoms with Crippen molar-refractivity contribution in [2.24, 2.45) is 0 Å². The van der Waals surface area contributed by atoms with Gasteiger partial charge in [-0.3, -0.25) is 0 Å². The number of benzene rings is 2. The lowest BCUT2D eigenvalue weighted by Gasteiger charge is -2.10. The SMILES string of the molecule is COc1ccc(COc2cc(OC)ccc2N)cc1. The third-order valence-corrected chi connectivity index (χ3v) is 2.77. The first-order valence-corrected chi connectivity index (χ1v) is 5.92. The summed E-state index contributed by atoms with van der Waals surface area (Å²) in [4.78, 5) is 0. The van der Waals surface area contributed by atoms with Crippen LogP contribution in [0.4, 0.5) is 5.69 Å². The summed E-state index contributed by atoms with van der Waals surface area (Å²) >= 11 is 0. The molecule has 4 heteroatoms. The molecule has 0 heterocycles. The molecule has 4 nitrogen and oxygen atoms in total. The summed E-state index contributed by atoms with van der Waals surface area (Å²) < 4.78 is 15.9. The van der Waals surface area contributed by atoms with E-state index in [1.54, 1.807) is 32.4 Å². The van der Waals surface area contributed by atoms with Crippen LogP contribution in [0.5, 0.6) is 17.2 Å². The molecule has 0 saturated carbocycles. The molecule has 0 aliphatic heterocycles. The molecule has 0 saturated heterocycles. The van der Waals surface area contributed by atoms with Crippen LogP contribution < -0.4 is 19.9 Å². The maximum atomic E-state index is 5.85. The molecule has 0 amide bonds. The van der Waals surface area contributed by atoms with Gasteiger partial charge < -0.3 is 19.9 Å². The molecule has 100 valence electrons. The van der Waals surface area contributed by atoms with Crippen molar-refractivity contribution >= 4 is 5.69 Å². The number of rotatable bonds is 5. The maximum Gasteiger partial charge on any atom is 0.146 e. The maximum absolute atomic E-state index is 5.85. The van der Waals surface area contributed by atoms with Gasteiger partial charge in [0.2, 0.25) is 0 Å². The largest absolute Gasteiger partial charge is 0.497 e. The predicted molar refractivity (Wildman–Crippen MR) is 74.7 cm³/mol. The summed E-state index contributed by atoms with van der Waals surface area (Å²) in [7, 11) is 3.25. The van der Waals surface area contributed by atoms with Gasteiger partial charge in [0.1, 0.15) is 23.9 Å². The third-order valence-electron chi connectivity index (χ3n) is 2.77. The number of anilines is 1. The Bertz CT molecular complexity index is 538. The van der Waals surface area contributed by atoms with Crippen molar-refractivity contribution in [1.82, 2.24) is 0 Å². The first kappa shape index (κ1) is 13.1. The zero-order valence-corrected chi connectivity index (χ0v) is 11.1. The molecule has 0 spiro atoms. The van der Waals surface area contributed by atoms with Crippen LogP contribution in [0.1, 0.15) is 5.56 Å². The fourth-order valence-corrected chi connectivity index (χ4v) is 1.65. The van der Waals surface area contributed by atoms with Gasteiger partial charge in [-0.05, 0) is 29.8 Å². The van der Waals surface area contributed by atoms with Crippen LogP contribution in [-0.2, 0) is 6.61 Å². The number of hydrogen-bond acceptors (Lipinski definition) is 4. The Morgan fingerprint density at radius 1 is 0.895 bits per heavy atom. The van der Waals surface area contributed by atoms with E-state index in [9.17, 15) is 0 Å². The summed E-state index contributed by atoms with van der Waals surface area (Å²) in [5.74, 6) is 2.17. The van der Waals surface area contributed by atoms with Crippen LogP contribution in [0.3, 0.4) is 0 Å². The highest BCUT2D eigenvalue weighted by Crippen LogP contribution is 2.27. The van der Waals surface area contributed by atoms with Crippen LogP contribution in [0.15, 0.2) is 42.5 Å². The van der Waals surface area contributed by atoms with Crippen LogP contribution >= 0.6 is 0 Å². The topological polar surface area (TPSA) is 53.7 Å². The molecular weight excluding hydrogens is 242 g/mol. The lowest BCUT2D eigenvalue weighted by Crippen LogP contribution is -1.99. The standard InChI is InChI=1S/C15H17NO3/c1-17-12-5-3-11(4-6-12)10-19-15-9-13(18-2)7-8-14(15)16/h3-9H,10,16H2,1-2H3. The van der Waals surface area contributed by atoms with E-state index in [0.29, 0.717) is 18.0 Å². The summed E-state index contributed by atoms with van der Waals surface area (Å²) in [6.07, 6.45) is 0. The average molecular weight is 259 g/mol. The van der Waals surface area contributed by atoms with Gasteiger partial charge in [-0.25, -0.2) is 0 Å². The van der Waals surface area contributed by atoms with Crippen LogP contribution in [0, 0.1) is 0 Å². The van der Waals surface area contributed by atoms with Crippen molar-refractivity contribution in [3.63, 3.8) is 0 Å². The second-order valence-electron chi connectivity index (χ2n) is 4.04. The van der Waals surface area contributed by atoms with E-state index in [0.717, 1.165) is 17.1 Å². The Hall–Kier alpha value is -2.36. The minimum absolute atomic E-state index is 0.446. The van der Waals surface area contributed by atoms with E-state index in [-0.39, 0.29) is 0 Å². The van der Waals surface area contributed by atoms with Crippen molar-refractivity contribution in [2.45, 2.75) is 6.61 Å². The molecule has 2 N–H and O–H groups in total. The minimum atomic E-state index is 0.446. The first-order chi connectivity index (χ1) is 9.22. The lowest BCUT2D eigenvalue weighted by atomic mass is 10.2. The Kier molecular flexibility index (Phi) is 4.13. The Balaban J connectivity index is 2.05. The predicted octanol–water partition coefficient (Wildman–Crippen LogP) is 2.87. The molecule has 0 bridgehead atoms. The molecule has 2 aromatic carbocycles. The van der Waals surface area contributed by atoms with E-state index in [4.69, 9.17) is 19.9 Å². The van der Waals surface area contributed by atoms with Crippen molar-refractivity contribution in [2.75, 3.05) is 20.0 Å². The Labute approximate surface area is 112 Å². The molecule has 0 aliphatic carbocycles. The lowest BCUT2D eigenvalue weighted by molar-refractivity contribution is 0.305. The van der Waals surface area contributed by atoms with Crippen LogP contribution in [-0.4, -0.2) is 14.2 Å². The van der Waals surface area contributed by atoms with Crippen LogP contribution in [0.25, 0.3) is 0 Å². The van der Waals surface area contributed by atoms with Gasteiger partial charge in [0.15, 0.2) is 0 Å². The highest BCUT2D eigenvalue weighted by Gasteiger charge is 2.03. The zero-order chi connectivity index (χ0) is 13.7. The summed E-state index contributed by atoms with van der Waals surface area (Å²) in [6, 6.07) is 13.0. The summed E-state index contributed by atoms with van der Waals surface area (Å²) in [6.45, 7) is 0.446. The van der Waals surface area contributed by atoms with E-state index >= 15 is 0 Å². The third kappa shape index (κ3) is 3.31. The van der Waals surface area contributed by atoms with E-state index in [1.807, 2.05) is 24.3 Å². The molecule has 0 atom stereocenters. The number of ether oxygens (including phenoxy) is 3.